The molecule has 11 heteroatoms. The van der Waals surface area contributed by atoms with Gasteiger partial charge in [-0.05, 0) is 54.6 Å². The van der Waals surface area contributed by atoms with Crippen LogP contribution in [-0.2, 0) is 14.8 Å². The second-order valence-corrected chi connectivity index (χ2v) is 9.54. The molecule has 3 rings (SSSR count). The Kier molecular flexibility index (Phi) is 7.56. The Morgan fingerprint density at radius 2 is 1.45 bits per heavy atom. The second-order valence-electron chi connectivity index (χ2n) is 6.17. The molecule has 2 N–H and O–H groups in total. The van der Waals surface area contributed by atoms with Crippen LogP contribution in [0.3, 0.4) is 0 Å². The first-order valence-corrected chi connectivity index (χ1v) is 11.6. The van der Waals surface area contributed by atoms with Gasteiger partial charge < -0.3 is 10.1 Å². The van der Waals surface area contributed by atoms with Crippen LogP contribution in [0, 0.1) is 0 Å². The molecule has 3 aromatic rings. The number of amides is 1. The average Bonchev–Trinajstić information content (AvgIpc) is 2.68. The highest BCUT2D eigenvalue weighted by molar-refractivity contribution is 7.92. The van der Waals surface area contributed by atoms with Crippen LogP contribution in [0.2, 0.25) is 20.1 Å². The van der Waals surface area contributed by atoms with E-state index in [1.165, 1.54) is 42.5 Å². The monoisotopic (exact) mass is 518 g/mol. The number of nitrogens with one attached hydrogen (secondary N) is 2. The number of hydrogen-bond acceptors (Lipinski definition) is 4. The summed E-state index contributed by atoms with van der Waals surface area (Å²) in [4.78, 5) is 12.1. The largest absolute Gasteiger partial charge is 0.484 e. The highest BCUT2D eigenvalue weighted by atomic mass is 35.5. The molecule has 31 heavy (non-hydrogen) atoms. The predicted octanol–water partition coefficient (Wildman–Crippen LogP) is 6.12. The molecule has 0 aliphatic rings. The number of carbonyl (C=O) groups is 1. The van der Waals surface area contributed by atoms with E-state index >= 15 is 0 Å². The summed E-state index contributed by atoms with van der Waals surface area (Å²) in [6.07, 6.45) is 0. The number of hydrogen-bond donors (Lipinski definition) is 2. The lowest BCUT2D eigenvalue weighted by Gasteiger charge is -2.11. The van der Waals surface area contributed by atoms with Gasteiger partial charge in [0, 0.05) is 10.0 Å². The number of sulfonamides is 1. The molecule has 0 saturated carbocycles. The lowest BCUT2D eigenvalue weighted by atomic mass is 10.3. The fourth-order valence-electron chi connectivity index (χ4n) is 2.48. The molecule has 0 atom stereocenters. The van der Waals surface area contributed by atoms with Gasteiger partial charge in [-0.2, -0.15) is 0 Å². The van der Waals surface area contributed by atoms with E-state index in [-0.39, 0.29) is 22.9 Å². The maximum absolute atomic E-state index is 12.5. The molecule has 0 heterocycles. The molecule has 6 nitrogen and oxygen atoms in total. The third-order valence-corrected chi connectivity index (χ3v) is 6.31. The van der Waals surface area contributed by atoms with E-state index in [9.17, 15) is 13.2 Å². The summed E-state index contributed by atoms with van der Waals surface area (Å²) in [6.45, 7) is -0.326. The summed E-state index contributed by atoms with van der Waals surface area (Å²) in [5.41, 5.74) is 0.515. The Labute approximate surface area is 199 Å². The smallest absolute Gasteiger partial charge is 0.262 e. The van der Waals surface area contributed by atoms with Crippen molar-refractivity contribution in [1.82, 2.24) is 0 Å². The lowest BCUT2D eigenvalue weighted by Crippen LogP contribution is -2.20. The van der Waals surface area contributed by atoms with Gasteiger partial charge in [0.1, 0.15) is 5.75 Å². The molecule has 0 aliphatic carbocycles. The minimum absolute atomic E-state index is 0.0109. The van der Waals surface area contributed by atoms with E-state index < -0.39 is 15.9 Å². The normalized spacial score (nSPS) is 11.1. The predicted molar refractivity (Wildman–Crippen MR) is 124 cm³/mol. The third-order valence-electron chi connectivity index (χ3n) is 3.85. The van der Waals surface area contributed by atoms with Crippen LogP contribution < -0.4 is 14.8 Å². The minimum atomic E-state index is -3.88. The van der Waals surface area contributed by atoms with Crippen LogP contribution in [-0.4, -0.2) is 20.9 Å². The van der Waals surface area contributed by atoms with Gasteiger partial charge in [0.2, 0.25) is 0 Å². The quantitative estimate of drug-likeness (QED) is 0.394. The topological polar surface area (TPSA) is 84.5 Å². The van der Waals surface area contributed by atoms with Gasteiger partial charge >= 0.3 is 0 Å². The Bertz CT molecular complexity index is 1180. The Morgan fingerprint density at radius 1 is 0.871 bits per heavy atom. The number of carbonyl (C=O) groups excluding carboxylic acids is 1. The molecule has 0 saturated heterocycles. The van der Waals surface area contributed by atoms with Gasteiger partial charge in [-0.3, -0.25) is 9.52 Å². The maximum atomic E-state index is 12.5. The molecule has 0 bridgehead atoms. The first-order valence-electron chi connectivity index (χ1n) is 8.60. The highest BCUT2D eigenvalue weighted by Crippen LogP contribution is 2.30. The van der Waals surface area contributed by atoms with Gasteiger partial charge in [0.05, 0.1) is 26.3 Å². The van der Waals surface area contributed by atoms with Crippen molar-refractivity contribution in [2.24, 2.45) is 0 Å². The van der Waals surface area contributed by atoms with E-state index in [2.05, 4.69) is 10.0 Å². The Morgan fingerprint density at radius 3 is 2.03 bits per heavy atom. The van der Waals surface area contributed by atoms with E-state index in [4.69, 9.17) is 51.1 Å². The number of anilines is 2. The van der Waals surface area contributed by atoms with Crippen molar-refractivity contribution in [1.29, 1.82) is 0 Å². The summed E-state index contributed by atoms with van der Waals surface area (Å²) in [5, 5.41) is 3.75. The van der Waals surface area contributed by atoms with Gasteiger partial charge in [0.25, 0.3) is 15.9 Å². The molecular weight excluding hydrogens is 506 g/mol. The van der Waals surface area contributed by atoms with E-state index in [1.54, 1.807) is 18.2 Å². The molecule has 0 aromatic heterocycles. The van der Waals surface area contributed by atoms with Crippen molar-refractivity contribution < 1.29 is 17.9 Å². The molecule has 0 spiro atoms. The average molecular weight is 520 g/mol. The van der Waals surface area contributed by atoms with Crippen LogP contribution in [0.4, 0.5) is 11.4 Å². The zero-order chi connectivity index (χ0) is 22.6. The van der Waals surface area contributed by atoms with E-state index in [0.29, 0.717) is 25.8 Å². The zero-order valence-corrected chi connectivity index (χ0v) is 19.4. The van der Waals surface area contributed by atoms with Crippen LogP contribution in [0.1, 0.15) is 0 Å². The Hall–Kier alpha value is -2.16. The van der Waals surface area contributed by atoms with Crippen LogP contribution >= 0.6 is 46.4 Å². The molecular formula is C20H14Cl4N2O4S. The van der Waals surface area contributed by atoms with Crippen molar-refractivity contribution in [3.05, 3.63) is 80.8 Å². The summed E-state index contributed by atoms with van der Waals surface area (Å²) >= 11 is 23.8. The SMILES string of the molecule is O=C(COc1ccc(S(=O)(=O)Nc2cc(Cl)cc(Cl)c2)cc1)Nc1c(Cl)cccc1Cl. The van der Waals surface area contributed by atoms with Gasteiger partial charge in [-0.25, -0.2) is 8.42 Å². The first kappa shape index (κ1) is 23.5. The summed E-state index contributed by atoms with van der Waals surface area (Å²) < 4.78 is 32.9. The maximum Gasteiger partial charge on any atom is 0.262 e. The number of rotatable bonds is 7. The van der Waals surface area contributed by atoms with Crippen molar-refractivity contribution in [2.75, 3.05) is 16.6 Å². The number of benzene rings is 3. The molecule has 0 fully saturated rings. The molecule has 0 aliphatic heterocycles. The van der Waals surface area contributed by atoms with Gasteiger partial charge in [-0.15, -0.1) is 0 Å². The molecule has 1 amide bonds. The van der Waals surface area contributed by atoms with Crippen molar-refractivity contribution >= 4 is 73.7 Å². The van der Waals surface area contributed by atoms with E-state index in [1.807, 2.05) is 0 Å². The van der Waals surface area contributed by atoms with E-state index in [0.717, 1.165) is 0 Å². The lowest BCUT2D eigenvalue weighted by molar-refractivity contribution is -0.118. The fraction of sp³-hybridized carbons (Fsp3) is 0.0500. The van der Waals surface area contributed by atoms with Crippen molar-refractivity contribution in [3.63, 3.8) is 0 Å². The first-order chi connectivity index (χ1) is 14.6. The van der Waals surface area contributed by atoms with Gasteiger partial charge in [-0.1, -0.05) is 52.5 Å². The molecule has 0 unspecified atom stereocenters. The Balaban J connectivity index is 1.62. The zero-order valence-electron chi connectivity index (χ0n) is 15.5. The van der Waals surface area contributed by atoms with Crippen LogP contribution in [0.25, 0.3) is 0 Å². The fourth-order valence-corrected chi connectivity index (χ4v) is 4.54. The summed E-state index contributed by atoms with van der Waals surface area (Å²) in [6, 6.07) is 14.7. The second kappa shape index (κ2) is 9.97. The third kappa shape index (κ3) is 6.41. The number of halogens is 4. The minimum Gasteiger partial charge on any atom is -0.484 e. The molecule has 3 aromatic carbocycles. The van der Waals surface area contributed by atoms with Gasteiger partial charge in [0.15, 0.2) is 6.61 Å². The van der Waals surface area contributed by atoms with Crippen LogP contribution in [0.5, 0.6) is 5.75 Å². The summed E-state index contributed by atoms with van der Waals surface area (Å²) in [7, 11) is -3.88. The van der Waals surface area contributed by atoms with Crippen molar-refractivity contribution in [3.8, 4) is 5.75 Å². The van der Waals surface area contributed by atoms with Crippen LogP contribution in [0.15, 0.2) is 65.6 Å². The molecule has 0 radical (unpaired) electrons. The highest BCUT2D eigenvalue weighted by Gasteiger charge is 2.15. The number of para-hydroxylation sites is 1. The van der Waals surface area contributed by atoms with Crippen molar-refractivity contribution in [2.45, 2.75) is 4.90 Å². The summed E-state index contributed by atoms with van der Waals surface area (Å²) in [5.74, 6) is -0.184. The molecule has 162 valence electrons. The standard InChI is InChI=1S/C20H14Cl4N2O4S/c21-12-8-13(22)10-14(9-12)26-31(28,29)16-6-4-15(5-7-16)30-11-19(27)25-20-17(23)2-1-3-18(20)24/h1-10,26H,11H2,(H,25,27). The number of ether oxygens (including phenoxy) is 1.